The molecule has 0 unspecified atom stereocenters. The van der Waals surface area contributed by atoms with Crippen molar-refractivity contribution in [2.24, 2.45) is 0 Å². The van der Waals surface area contributed by atoms with E-state index in [1.165, 1.54) is 11.3 Å². The number of benzene rings is 1. The Balaban J connectivity index is 0.000000659. The summed E-state index contributed by atoms with van der Waals surface area (Å²) in [5, 5.41) is 9.40. The molecule has 1 aliphatic heterocycles. The minimum atomic E-state index is -0.0870. The van der Waals surface area contributed by atoms with Gasteiger partial charge >= 0.3 is 0 Å². The molecule has 1 aromatic rings. The Morgan fingerprint density at radius 1 is 1.06 bits per heavy atom. The van der Waals surface area contributed by atoms with Crippen LogP contribution in [0.15, 0.2) is 24.3 Å². The Kier molecular flexibility index (Phi) is 9.39. The number of aliphatic hydroxyl groups excluding tert-OH is 1. The maximum Gasteiger partial charge on any atom is 0.0574 e. The van der Waals surface area contributed by atoms with Crippen molar-refractivity contribution in [1.29, 1.82) is 0 Å². The van der Waals surface area contributed by atoms with Crippen LogP contribution in [0.25, 0.3) is 0 Å². The molecule has 104 valence electrons. The van der Waals surface area contributed by atoms with Crippen molar-refractivity contribution in [3.8, 4) is 0 Å². The van der Waals surface area contributed by atoms with Gasteiger partial charge in [0.2, 0.25) is 0 Å². The number of piperidine rings is 1. The third-order valence-electron chi connectivity index (χ3n) is 2.83. The number of nitrogens with zero attached hydrogens (tertiary/aromatic N) is 1. The molecule has 1 fully saturated rings. The first kappa shape index (κ1) is 17.0. The first-order valence-corrected chi connectivity index (χ1v) is 7.25. The summed E-state index contributed by atoms with van der Waals surface area (Å²) in [5.74, 6) is 0. The Labute approximate surface area is 113 Å². The first-order valence-electron chi connectivity index (χ1n) is 7.25. The van der Waals surface area contributed by atoms with E-state index in [-0.39, 0.29) is 6.10 Å². The van der Waals surface area contributed by atoms with Gasteiger partial charge in [0.05, 0.1) is 6.10 Å². The summed E-state index contributed by atoms with van der Waals surface area (Å²) < 4.78 is 0. The quantitative estimate of drug-likeness (QED) is 0.815. The smallest absolute Gasteiger partial charge is 0.0574 e. The molecule has 1 heterocycles. The molecule has 2 rings (SSSR count). The Bertz CT molecular complexity index is 304. The number of hydrogen-bond acceptors (Lipinski definition) is 2. The maximum atomic E-state index is 9.40. The molecule has 0 bridgehead atoms. The van der Waals surface area contributed by atoms with Gasteiger partial charge < -0.3 is 10.0 Å². The third kappa shape index (κ3) is 5.54. The minimum Gasteiger partial charge on any atom is -0.393 e. The summed E-state index contributed by atoms with van der Waals surface area (Å²) >= 11 is 0. The predicted octanol–water partition coefficient (Wildman–Crippen LogP) is 4.01. The van der Waals surface area contributed by atoms with Gasteiger partial charge in [-0.1, -0.05) is 39.8 Å². The lowest BCUT2D eigenvalue weighted by atomic mass is 10.1. The first-order chi connectivity index (χ1) is 8.75. The van der Waals surface area contributed by atoms with Crippen LogP contribution in [-0.4, -0.2) is 24.3 Å². The highest BCUT2D eigenvalue weighted by Crippen LogP contribution is 2.20. The second-order valence-corrected chi connectivity index (χ2v) is 4.06. The van der Waals surface area contributed by atoms with Gasteiger partial charge in [0.1, 0.15) is 0 Å². The molecule has 2 heteroatoms. The van der Waals surface area contributed by atoms with Gasteiger partial charge in [0.15, 0.2) is 0 Å². The molecule has 0 radical (unpaired) electrons. The molecule has 0 atom stereocenters. The molecule has 0 spiro atoms. The molecule has 0 saturated carbocycles. The van der Waals surface area contributed by atoms with E-state index in [1.54, 1.807) is 0 Å². The van der Waals surface area contributed by atoms with Crippen molar-refractivity contribution in [2.45, 2.75) is 53.6 Å². The van der Waals surface area contributed by atoms with E-state index >= 15 is 0 Å². The molecule has 0 aromatic heterocycles. The van der Waals surface area contributed by atoms with Gasteiger partial charge in [-0.25, -0.2) is 0 Å². The lowest BCUT2D eigenvalue weighted by molar-refractivity contribution is 0.145. The molecule has 1 saturated heterocycles. The van der Waals surface area contributed by atoms with Gasteiger partial charge in [0.25, 0.3) is 0 Å². The molecule has 0 aliphatic carbocycles. The molecule has 1 aromatic carbocycles. The van der Waals surface area contributed by atoms with E-state index < -0.39 is 0 Å². The van der Waals surface area contributed by atoms with Crippen LogP contribution >= 0.6 is 0 Å². The molecule has 0 amide bonds. The van der Waals surface area contributed by atoms with Gasteiger partial charge in [-0.05, 0) is 37.5 Å². The second kappa shape index (κ2) is 9.95. The highest BCUT2D eigenvalue weighted by molar-refractivity contribution is 5.48. The molecule has 1 N–H and O–H groups in total. The predicted molar refractivity (Wildman–Crippen MR) is 81.3 cm³/mol. The molecule has 1 aliphatic rings. The van der Waals surface area contributed by atoms with Crippen LogP contribution in [0.4, 0.5) is 5.69 Å². The van der Waals surface area contributed by atoms with Gasteiger partial charge in [0, 0.05) is 18.8 Å². The third-order valence-corrected chi connectivity index (χ3v) is 2.83. The van der Waals surface area contributed by atoms with Crippen molar-refractivity contribution in [3.63, 3.8) is 0 Å². The summed E-state index contributed by atoms with van der Waals surface area (Å²) in [6.45, 7) is 12.1. The van der Waals surface area contributed by atoms with Crippen LogP contribution in [0, 0.1) is 6.92 Å². The largest absolute Gasteiger partial charge is 0.393 e. The van der Waals surface area contributed by atoms with Gasteiger partial charge in [-0.15, -0.1) is 0 Å². The Hall–Kier alpha value is -1.02. The number of anilines is 1. The molecular weight excluding hydrogens is 222 g/mol. The van der Waals surface area contributed by atoms with Crippen molar-refractivity contribution >= 4 is 5.69 Å². The zero-order valence-electron chi connectivity index (χ0n) is 12.6. The minimum absolute atomic E-state index is 0.0870. The fraction of sp³-hybridized carbons (Fsp3) is 0.625. The highest BCUT2D eigenvalue weighted by Gasteiger charge is 2.16. The molecule has 2 nitrogen and oxygen atoms in total. The topological polar surface area (TPSA) is 23.5 Å². The van der Waals surface area contributed by atoms with Crippen molar-refractivity contribution < 1.29 is 5.11 Å². The van der Waals surface area contributed by atoms with Crippen LogP contribution in [0.1, 0.15) is 46.1 Å². The summed E-state index contributed by atoms with van der Waals surface area (Å²) in [6.07, 6.45) is 1.71. The average Bonchev–Trinajstić information content (AvgIpc) is 2.44. The lowest BCUT2D eigenvalue weighted by Crippen LogP contribution is -2.35. The summed E-state index contributed by atoms with van der Waals surface area (Å²) in [5.41, 5.74) is 2.59. The molecule has 18 heavy (non-hydrogen) atoms. The van der Waals surface area contributed by atoms with Crippen LogP contribution < -0.4 is 4.90 Å². The molecular formula is C16H29NO. The van der Waals surface area contributed by atoms with Crippen LogP contribution in [0.3, 0.4) is 0 Å². The van der Waals surface area contributed by atoms with Crippen molar-refractivity contribution in [2.75, 3.05) is 18.0 Å². The summed E-state index contributed by atoms with van der Waals surface area (Å²) in [4.78, 5) is 2.35. The van der Waals surface area contributed by atoms with Crippen LogP contribution in [0.5, 0.6) is 0 Å². The zero-order chi connectivity index (χ0) is 14.0. The van der Waals surface area contributed by atoms with E-state index in [9.17, 15) is 5.11 Å². The van der Waals surface area contributed by atoms with E-state index in [2.05, 4.69) is 36.1 Å². The van der Waals surface area contributed by atoms with Gasteiger partial charge in [-0.3, -0.25) is 0 Å². The van der Waals surface area contributed by atoms with E-state index in [1.807, 2.05) is 27.7 Å². The monoisotopic (exact) mass is 251 g/mol. The Morgan fingerprint density at radius 3 is 2.11 bits per heavy atom. The lowest BCUT2D eigenvalue weighted by Gasteiger charge is -2.31. The summed E-state index contributed by atoms with van der Waals surface area (Å²) in [6, 6.07) is 8.56. The van der Waals surface area contributed by atoms with E-state index in [0.29, 0.717) is 0 Å². The van der Waals surface area contributed by atoms with E-state index in [0.717, 1.165) is 25.9 Å². The fourth-order valence-electron chi connectivity index (χ4n) is 1.95. The van der Waals surface area contributed by atoms with Crippen molar-refractivity contribution in [3.05, 3.63) is 29.8 Å². The SMILES string of the molecule is CC.CC.Cc1cccc(N2CCC(O)CC2)c1. The maximum absolute atomic E-state index is 9.40. The van der Waals surface area contributed by atoms with E-state index in [4.69, 9.17) is 0 Å². The number of hydrogen-bond donors (Lipinski definition) is 1. The highest BCUT2D eigenvalue weighted by atomic mass is 16.3. The summed E-state index contributed by atoms with van der Waals surface area (Å²) in [7, 11) is 0. The Morgan fingerprint density at radius 2 is 1.61 bits per heavy atom. The van der Waals surface area contributed by atoms with Gasteiger partial charge in [-0.2, -0.15) is 0 Å². The fourth-order valence-corrected chi connectivity index (χ4v) is 1.95. The van der Waals surface area contributed by atoms with Crippen LogP contribution in [0.2, 0.25) is 0 Å². The zero-order valence-corrected chi connectivity index (χ0v) is 12.6. The second-order valence-electron chi connectivity index (χ2n) is 4.06. The van der Waals surface area contributed by atoms with Crippen molar-refractivity contribution in [1.82, 2.24) is 0 Å². The average molecular weight is 251 g/mol. The number of aryl methyl sites for hydroxylation is 1. The number of rotatable bonds is 1. The normalized spacial score (nSPS) is 15.1. The van der Waals surface area contributed by atoms with Crippen LogP contribution in [-0.2, 0) is 0 Å². The number of aliphatic hydroxyl groups is 1. The standard InChI is InChI=1S/C12H17NO.2C2H6/c1-10-3-2-4-11(9-10)13-7-5-12(14)6-8-13;2*1-2/h2-4,9,12,14H,5-8H2,1H3;2*1-2H3.